The normalized spacial score (nSPS) is 10.3. The topological polar surface area (TPSA) is 91.8 Å². The largest absolute Gasteiger partial charge is 0.369 e. The molecule has 0 unspecified atom stereocenters. The second kappa shape index (κ2) is 6.65. The van der Waals surface area contributed by atoms with Gasteiger partial charge in [-0.3, -0.25) is 5.41 Å². The molecule has 0 radical (unpaired) electrons. The standard InChI is InChI=1S/C17H16N6/c18-16(19)23(17-21-10-5-11-22-17)15-14(8-4-9-20-15)12-13-6-2-1-3-7-13/h1-11H,12H2,(H3,18,19). The van der Waals surface area contributed by atoms with E-state index >= 15 is 0 Å². The summed E-state index contributed by atoms with van der Waals surface area (Å²) in [5.74, 6) is 0.715. The lowest BCUT2D eigenvalue weighted by atomic mass is 10.1. The summed E-state index contributed by atoms with van der Waals surface area (Å²) < 4.78 is 0. The van der Waals surface area contributed by atoms with E-state index in [2.05, 4.69) is 15.0 Å². The van der Waals surface area contributed by atoms with E-state index in [1.54, 1.807) is 24.7 Å². The zero-order valence-corrected chi connectivity index (χ0v) is 12.4. The summed E-state index contributed by atoms with van der Waals surface area (Å²) in [4.78, 5) is 14.2. The van der Waals surface area contributed by atoms with Gasteiger partial charge in [-0.05, 0) is 23.3 Å². The number of nitrogens with one attached hydrogen (secondary N) is 1. The Morgan fingerprint density at radius 2 is 1.61 bits per heavy atom. The highest BCUT2D eigenvalue weighted by Gasteiger charge is 2.19. The van der Waals surface area contributed by atoms with Crippen molar-refractivity contribution in [2.75, 3.05) is 4.90 Å². The molecule has 1 aromatic carbocycles. The average Bonchev–Trinajstić information content (AvgIpc) is 2.58. The van der Waals surface area contributed by atoms with E-state index in [0.29, 0.717) is 18.2 Å². The Hall–Kier alpha value is -3.28. The summed E-state index contributed by atoms with van der Waals surface area (Å²) in [5, 5.41) is 7.89. The van der Waals surface area contributed by atoms with Crippen molar-refractivity contribution in [3.8, 4) is 0 Å². The van der Waals surface area contributed by atoms with Gasteiger partial charge in [0, 0.05) is 25.0 Å². The first-order valence-electron chi connectivity index (χ1n) is 7.14. The second-order valence-corrected chi connectivity index (χ2v) is 4.92. The molecule has 0 aliphatic carbocycles. The van der Waals surface area contributed by atoms with Crippen molar-refractivity contribution >= 4 is 17.7 Å². The van der Waals surface area contributed by atoms with Crippen LogP contribution in [0.2, 0.25) is 0 Å². The minimum Gasteiger partial charge on any atom is -0.369 e. The molecule has 23 heavy (non-hydrogen) atoms. The van der Waals surface area contributed by atoms with E-state index in [9.17, 15) is 0 Å². The molecule has 0 saturated heterocycles. The molecule has 0 saturated carbocycles. The molecule has 0 fully saturated rings. The maximum atomic E-state index is 7.89. The minimum absolute atomic E-state index is 0.177. The number of pyridine rings is 1. The van der Waals surface area contributed by atoms with Crippen LogP contribution in [-0.2, 0) is 6.42 Å². The van der Waals surface area contributed by atoms with Gasteiger partial charge in [0.05, 0.1) is 0 Å². The Balaban J connectivity index is 2.03. The Morgan fingerprint density at radius 3 is 2.30 bits per heavy atom. The van der Waals surface area contributed by atoms with Crippen LogP contribution in [-0.4, -0.2) is 20.9 Å². The molecule has 0 bridgehead atoms. The van der Waals surface area contributed by atoms with Crippen LogP contribution in [0.25, 0.3) is 0 Å². The molecule has 0 aliphatic rings. The van der Waals surface area contributed by atoms with Crippen molar-refractivity contribution in [2.45, 2.75) is 6.42 Å². The molecule has 114 valence electrons. The molecular weight excluding hydrogens is 288 g/mol. The number of aromatic nitrogens is 3. The van der Waals surface area contributed by atoms with E-state index in [1.165, 1.54) is 4.90 Å². The highest BCUT2D eigenvalue weighted by atomic mass is 15.3. The van der Waals surface area contributed by atoms with E-state index in [0.717, 1.165) is 11.1 Å². The zero-order chi connectivity index (χ0) is 16.1. The Kier molecular flexibility index (Phi) is 4.24. The molecule has 3 aromatic rings. The summed E-state index contributed by atoms with van der Waals surface area (Å²) in [6.07, 6.45) is 5.57. The quantitative estimate of drug-likeness (QED) is 0.570. The van der Waals surface area contributed by atoms with Gasteiger partial charge in [-0.25, -0.2) is 19.9 Å². The third-order valence-corrected chi connectivity index (χ3v) is 3.31. The molecule has 2 aromatic heterocycles. The zero-order valence-electron chi connectivity index (χ0n) is 12.4. The maximum Gasteiger partial charge on any atom is 0.238 e. The number of rotatable bonds is 4. The average molecular weight is 304 g/mol. The van der Waals surface area contributed by atoms with Crippen molar-refractivity contribution < 1.29 is 0 Å². The molecule has 3 rings (SSSR count). The first-order valence-corrected chi connectivity index (χ1v) is 7.14. The number of benzene rings is 1. The molecular formula is C17H16N6. The lowest BCUT2D eigenvalue weighted by Gasteiger charge is -2.21. The van der Waals surface area contributed by atoms with E-state index in [1.807, 2.05) is 42.5 Å². The Morgan fingerprint density at radius 1 is 0.913 bits per heavy atom. The molecule has 3 N–H and O–H groups in total. The Labute approximate surface area is 134 Å². The lowest BCUT2D eigenvalue weighted by molar-refractivity contribution is 1.03. The van der Waals surface area contributed by atoms with Gasteiger partial charge in [0.25, 0.3) is 0 Å². The van der Waals surface area contributed by atoms with Crippen molar-refractivity contribution in [1.82, 2.24) is 15.0 Å². The van der Waals surface area contributed by atoms with Crippen LogP contribution in [0.3, 0.4) is 0 Å². The van der Waals surface area contributed by atoms with Crippen LogP contribution in [0.4, 0.5) is 11.8 Å². The van der Waals surface area contributed by atoms with Gasteiger partial charge < -0.3 is 5.73 Å². The predicted octanol–water partition coefficient (Wildman–Crippen LogP) is 2.49. The fraction of sp³-hybridized carbons (Fsp3) is 0.0588. The smallest absolute Gasteiger partial charge is 0.238 e. The highest BCUT2D eigenvalue weighted by molar-refractivity contribution is 5.97. The van der Waals surface area contributed by atoms with Crippen molar-refractivity contribution in [3.63, 3.8) is 0 Å². The maximum absolute atomic E-state index is 7.89. The van der Waals surface area contributed by atoms with E-state index in [-0.39, 0.29) is 5.96 Å². The van der Waals surface area contributed by atoms with E-state index < -0.39 is 0 Å². The summed E-state index contributed by atoms with van der Waals surface area (Å²) in [5.41, 5.74) is 7.85. The molecule has 0 amide bonds. The molecule has 6 heteroatoms. The van der Waals surface area contributed by atoms with Gasteiger partial charge in [-0.2, -0.15) is 0 Å². The highest BCUT2D eigenvalue weighted by Crippen LogP contribution is 2.25. The summed E-state index contributed by atoms with van der Waals surface area (Å²) >= 11 is 0. The third kappa shape index (κ3) is 3.32. The SMILES string of the molecule is N=C(N)N(c1ncccn1)c1ncccc1Cc1ccccc1. The third-order valence-electron chi connectivity index (χ3n) is 3.31. The first-order chi connectivity index (χ1) is 11.3. The van der Waals surface area contributed by atoms with Crippen molar-refractivity contribution in [3.05, 3.63) is 78.2 Å². The van der Waals surface area contributed by atoms with Crippen LogP contribution in [0.15, 0.2) is 67.1 Å². The van der Waals surface area contributed by atoms with Gasteiger partial charge >= 0.3 is 0 Å². The fourth-order valence-corrected chi connectivity index (χ4v) is 2.31. The van der Waals surface area contributed by atoms with Gasteiger partial charge in [0.2, 0.25) is 11.9 Å². The summed E-state index contributed by atoms with van der Waals surface area (Å²) in [6.45, 7) is 0. The van der Waals surface area contributed by atoms with Gasteiger partial charge in [0.15, 0.2) is 0 Å². The number of guanidine groups is 1. The summed E-state index contributed by atoms with van der Waals surface area (Å²) in [6, 6.07) is 15.6. The van der Waals surface area contributed by atoms with Crippen LogP contribution in [0.1, 0.15) is 11.1 Å². The minimum atomic E-state index is -0.177. The molecule has 2 heterocycles. The lowest BCUT2D eigenvalue weighted by Crippen LogP contribution is -2.34. The van der Waals surface area contributed by atoms with Crippen molar-refractivity contribution in [2.24, 2.45) is 5.73 Å². The van der Waals surface area contributed by atoms with Crippen LogP contribution < -0.4 is 10.6 Å². The molecule has 6 nitrogen and oxygen atoms in total. The second-order valence-electron chi connectivity index (χ2n) is 4.92. The summed E-state index contributed by atoms with van der Waals surface area (Å²) in [7, 11) is 0. The van der Waals surface area contributed by atoms with Gasteiger partial charge in [-0.15, -0.1) is 0 Å². The number of anilines is 2. The van der Waals surface area contributed by atoms with Gasteiger partial charge in [-0.1, -0.05) is 36.4 Å². The number of hydrogen-bond donors (Lipinski definition) is 2. The number of nitrogens with two attached hydrogens (primary N) is 1. The number of hydrogen-bond acceptors (Lipinski definition) is 4. The predicted molar refractivity (Wildman–Crippen MR) is 89.6 cm³/mol. The first kappa shape index (κ1) is 14.6. The van der Waals surface area contributed by atoms with Crippen LogP contribution >= 0.6 is 0 Å². The Bertz CT molecular complexity index is 788. The molecule has 0 spiro atoms. The van der Waals surface area contributed by atoms with Crippen LogP contribution in [0, 0.1) is 5.41 Å². The van der Waals surface area contributed by atoms with E-state index in [4.69, 9.17) is 11.1 Å². The van der Waals surface area contributed by atoms with Gasteiger partial charge in [0.1, 0.15) is 5.82 Å². The van der Waals surface area contributed by atoms with Crippen LogP contribution in [0.5, 0.6) is 0 Å². The monoisotopic (exact) mass is 304 g/mol. The van der Waals surface area contributed by atoms with Crippen molar-refractivity contribution in [1.29, 1.82) is 5.41 Å². The molecule has 0 atom stereocenters. The fourth-order valence-electron chi connectivity index (χ4n) is 2.31. The molecule has 0 aliphatic heterocycles. The number of nitrogens with zero attached hydrogens (tertiary/aromatic N) is 4.